The van der Waals surface area contributed by atoms with Crippen LogP contribution in [-0.4, -0.2) is 32.0 Å². The van der Waals surface area contributed by atoms with Crippen molar-refractivity contribution < 1.29 is 4.74 Å². The lowest BCUT2D eigenvalue weighted by atomic mass is 10.1. The van der Waals surface area contributed by atoms with E-state index in [9.17, 15) is 0 Å². The fourth-order valence-corrected chi connectivity index (χ4v) is 2.92. The lowest BCUT2D eigenvalue weighted by molar-refractivity contribution is 0.0893. The van der Waals surface area contributed by atoms with Crippen molar-refractivity contribution in [3.05, 3.63) is 36.2 Å². The Labute approximate surface area is 131 Å². The molecule has 6 heteroatoms. The highest BCUT2D eigenvalue weighted by Crippen LogP contribution is 2.27. The first-order valence-corrected chi connectivity index (χ1v) is 7.97. The molecule has 120 valence electrons. The van der Waals surface area contributed by atoms with Gasteiger partial charge in [-0.15, -0.1) is 0 Å². The summed E-state index contributed by atoms with van der Waals surface area (Å²) in [6.07, 6.45) is 8.90. The van der Waals surface area contributed by atoms with E-state index >= 15 is 0 Å². The quantitative estimate of drug-likeness (QED) is 0.885. The molecule has 2 aromatic heterocycles. The number of aryl methyl sites for hydroxylation is 1. The van der Waals surface area contributed by atoms with E-state index in [1.165, 1.54) is 5.56 Å². The minimum absolute atomic E-state index is 0.0331. The molecule has 3 rings (SSSR count). The monoisotopic (exact) mass is 303 g/mol. The van der Waals surface area contributed by atoms with Gasteiger partial charge in [-0.1, -0.05) is 13.8 Å². The van der Waals surface area contributed by atoms with Crippen LogP contribution in [0.15, 0.2) is 24.8 Å². The summed E-state index contributed by atoms with van der Waals surface area (Å²) in [7, 11) is 2.01. The van der Waals surface area contributed by atoms with Crippen molar-refractivity contribution in [2.75, 3.05) is 6.61 Å². The van der Waals surface area contributed by atoms with E-state index in [0.717, 1.165) is 31.9 Å². The molecule has 0 radical (unpaired) electrons. The maximum Gasteiger partial charge on any atom is 0.139 e. The molecule has 1 N–H and O–H groups in total. The molecule has 0 saturated carbocycles. The molecule has 0 bridgehead atoms. The van der Waals surface area contributed by atoms with Crippen LogP contribution in [-0.2, 0) is 24.9 Å². The largest absolute Gasteiger partial charge is 0.369 e. The highest BCUT2D eigenvalue weighted by molar-refractivity contribution is 5.06. The number of ether oxygens (including phenoxy) is 1. The number of hydrogen-bond acceptors (Lipinski definition) is 4. The van der Waals surface area contributed by atoms with Crippen LogP contribution in [0.1, 0.15) is 37.8 Å². The summed E-state index contributed by atoms with van der Waals surface area (Å²) >= 11 is 0. The summed E-state index contributed by atoms with van der Waals surface area (Å²) < 4.78 is 9.92. The van der Waals surface area contributed by atoms with Crippen molar-refractivity contribution in [3.8, 4) is 0 Å². The smallest absolute Gasteiger partial charge is 0.139 e. The average molecular weight is 303 g/mol. The van der Waals surface area contributed by atoms with Gasteiger partial charge in [0.05, 0.1) is 6.20 Å². The van der Waals surface area contributed by atoms with Crippen molar-refractivity contribution in [1.82, 2.24) is 24.6 Å². The van der Waals surface area contributed by atoms with Crippen LogP contribution in [0.4, 0.5) is 0 Å². The number of nitrogens with one attached hydrogen (secondary N) is 1. The molecular formula is C16H25N5O. The van der Waals surface area contributed by atoms with Gasteiger partial charge in [0.15, 0.2) is 0 Å². The van der Waals surface area contributed by atoms with E-state index in [4.69, 9.17) is 4.74 Å². The highest BCUT2D eigenvalue weighted by atomic mass is 16.5. The standard InChI is InChI=1S/C16H25N5O/c1-12(2)10-21-11-13(9-19-21)8-18-14-4-7-22-15(14)16-17-5-6-20(16)3/h5-6,9,11-12,14-15,18H,4,7-8,10H2,1-3H3/t14-,15-/m0/s1. The lowest BCUT2D eigenvalue weighted by Crippen LogP contribution is -2.32. The van der Waals surface area contributed by atoms with Gasteiger partial charge in [0.2, 0.25) is 0 Å². The minimum Gasteiger partial charge on any atom is -0.369 e. The molecule has 22 heavy (non-hydrogen) atoms. The maximum absolute atomic E-state index is 5.87. The fourth-order valence-electron chi connectivity index (χ4n) is 2.92. The van der Waals surface area contributed by atoms with Crippen LogP contribution in [0, 0.1) is 5.92 Å². The summed E-state index contributed by atoms with van der Waals surface area (Å²) in [6.45, 7) is 6.96. The zero-order valence-electron chi connectivity index (χ0n) is 13.6. The number of hydrogen-bond donors (Lipinski definition) is 1. The molecule has 0 aliphatic carbocycles. The number of aromatic nitrogens is 4. The second kappa shape index (κ2) is 6.62. The van der Waals surface area contributed by atoms with E-state index in [1.807, 2.05) is 34.9 Å². The molecule has 2 aromatic rings. The van der Waals surface area contributed by atoms with Crippen LogP contribution in [0.5, 0.6) is 0 Å². The zero-order valence-corrected chi connectivity index (χ0v) is 13.6. The normalized spacial score (nSPS) is 21.8. The summed E-state index contributed by atoms with van der Waals surface area (Å²) in [5, 5.41) is 8.01. The van der Waals surface area contributed by atoms with Crippen molar-refractivity contribution in [2.24, 2.45) is 13.0 Å². The van der Waals surface area contributed by atoms with Crippen molar-refractivity contribution in [2.45, 2.75) is 45.5 Å². The molecule has 0 amide bonds. The SMILES string of the molecule is CC(C)Cn1cc(CN[C@H]2CCO[C@@H]2c2nccn2C)cn1. The second-order valence-corrected chi connectivity index (χ2v) is 6.43. The summed E-state index contributed by atoms with van der Waals surface area (Å²) in [6, 6.07) is 0.301. The van der Waals surface area contributed by atoms with Crippen molar-refractivity contribution in [3.63, 3.8) is 0 Å². The predicted molar refractivity (Wildman–Crippen MR) is 84.2 cm³/mol. The third-order valence-corrected chi connectivity index (χ3v) is 4.01. The highest BCUT2D eigenvalue weighted by Gasteiger charge is 2.31. The first kappa shape index (κ1) is 15.2. The summed E-state index contributed by atoms with van der Waals surface area (Å²) in [5.41, 5.74) is 1.21. The van der Waals surface area contributed by atoms with Crippen molar-refractivity contribution in [1.29, 1.82) is 0 Å². The Morgan fingerprint density at radius 3 is 3.05 bits per heavy atom. The van der Waals surface area contributed by atoms with Gasteiger partial charge < -0.3 is 14.6 Å². The fraction of sp³-hybridized carbons (Fsp3) is 0.625. The Kier molecular flexibility index (Phi) is 4.59. The van der Waals surface area contributed by atoms with Gasteiger partial charge >= 0.3 is 0 Å². The maximum atomic E-state index is 5.87. The average Bonchev–Trinajstić information content (AvgIpc) is 3.16. The Morgan fingerprint density at radius 1 is 1.45 bits per heavy atom. The third-order valence-electron chi connectivity index (χ3n) is 4.01. The van der Waals surface area contributed by atoms with Gasteiger partial charge in [-0.2, -0.15) is 5.10 Å². The van der Waals surface area contributed by atoms with Gasteiger partial charge in [0, 0.05) is 56.9 Å². The van der Waals surface area contributed by atoms with Gasteiger partial charge in [0.1, 0.15) is 11.9 Å². The second-order valence-electron chi connectivity index (χ2n) is 6.43. The van der Waals surface area contributed by atoms with E-state index < -0.39 is 0 Å². The summed E-state index contributed by atoms with van der Waals surface area (Å²) in [4.78, 5) is 4.42. The van der Waals surface area contributed by atoms with Crippen LogP contribution in [0.2, 0.25) is 0 Å². The number of imidazole rings is 1. The van der Waals surface area contributed by atoms with Gasteiger partial charge in [-0.25, -0.2) is 4.98 Å². The molecule has 1 aliphatic rings. The Hall–Kier alpha value is -1.66. The Morgan fingerprint density at radius 2 is 2.32 bits per heavy atom. The van der Waals surface area contributed by atoms with Gasteiger partial charge in [0.25, 0.3) is 0 Å². The molecule has 3 heterocycles. The lowest BCUT2D eigenvalue weighted by Gasteiger charge is -2.19. The van der Waals surface area contributed by atoms with Crippen molar-refractivity contribution >= 4 is 0 Å². The zero-order chi connectivity index (χ0) is 15.5. The first-order chi connectivity index (χ1) is 10.6. The van der Waals surface area contributed by atoms with Crippen LogP contribution in [0.3, 0.4) is 0 Å². The molecule has 6 nitrogen and oxygen atoms in total. The van der Waals surface area contributed by atoms with Crippen LogP contribution >= 0.6 is 0 Å². The molecular weight excluding hydrogens is 278 g/mol. The van der Waals surface area contributed by atoms with Gasteiger partial charge in [-0.05, 0) is 12.3 Å². The third kappa shape index (κ3) is 3.39. The van der Waals surface area contributed by atoms with Gasteiger partial charge in [-0.3, -0.25) is 4.68 Å². The Bertz CT molecular complexity index is 603. The molecule has 2 atom stereocenters. The first-order valence-electron chi connectivity index (χ1n) is 7.97. The predicted octanol–water partition coefficient (Wildman–Crippen LogP) is 1.89. The number of rotatable bonds is 6. The Balaban J connectivity index is 1.58. The molecule has 0 aromatic carbocycles. The van der Waals surface area contributed by atoms with E-state index in [-0.39, 0.29) is 6.10 Å². The topological polar surface area (TPSA) is 56.9 Å². The van der Waals surface area contributed by atoms with E-state index in [2.05, 4.69) is 35.4 Å². The van der Waals surface area contributed by atoms with E-state index in [0.29, 0.717) is 12.0 Å². The molecule has 0 unspecified atom stereocenters. The minimum atomic E-state index is 0.0331. The number of nitrogens with zero attached hydrogens (tertiary/aromatic N) is 4. The van der Waals surface area contributed by atoms with E-state index in [1.54, 1.807) is 0 Å². The molecule has 1 fully saturated rings. The molecule has 1 aliphatic heterocycles. The molecule has 0 spiro atoms. The van der Waals surface area contributed by atoms with Crippen LogP contribution < -0.4 is 5.32 Å². The summed E-state index contributed by atoms with van der Waals surface area (Å²) in [5.74, 6) is 1.60. The molecule has 1 saturated heterocycles. The van der Waals surface area contributed by atoms with Crippen LogP contribution in [0.25, 0.3) is 0 Å².